The first-order valence-corrected chi connectivity index (χ1v) is 7.51. The maximum atomic E-state index is 14.7. The van der Waals surface area contributed by atoms with Gasteiger partial charge in [-0.1, -0.05) is 30.1 Å². The van der Waals surface area contributed by atoms with Crippen LogP contribution in [0, 0.1) is 5.82 Å². The number of nitrogens with two attached hydrogens (primary N) is 1. The first kappa shape index (κ1) is 18.2. The van der Waals surface area contributed by atoms with E-state index in [1.807, 2.05) is 0 Å². The van der Waals surface area contributed by atoms with Gasteiger partial charge in [-0.3, -0.25) is 0 Å². The number of alkyl halides is 1. The zero-order valence-electron chi connectivity index (χ0n) is 12.3. The van der Waals surface area contributed by atoms with E-state index in [1.54, 1.807) is 6.92 Å². The molecule has 1 unspecified atom stereocenters. The number of anilines is 1. The molecule has 0 saturated carbocycles. The Morgan fingerprint density at radius 2 is 2.12 bits per heavy atom. The average Bonchev–Trinajstić information content (AvgIpc) is 2.51. The van der Waals surface area contributed by atoms with Gasteiger partial charge in [0, 0.05) is 16.1 Å². The first-order chi connectivity index (χ1) is 11.3. The highest BCUT2D eigenvalue weighted by atomic mass is 35.5. The minimum absolute atomic E-state index is 0.0314. The average molecular weight is 377 g/mol. The van der Waals surface area contributed by atoms with Crippen molar-refractivity contribution in [1.82, 2.24) is 4.98 Å². The molecule has 24 heavy (non-hydrogen) atoms. The zero-order chi connectivity index (χ0) is 18.0. The molecule has 2 aromatic rings. The van der Waals surface area contributed by atoms with Crippen molar-refractivity contribution in [2.75, 3.05) is 5.73 Å². The normalized spacial score (nSPS) is 12.0. The molecule has 5 nitrogen and oxygen atoms in total. The summed E-state index contributed by atoms with van der Waals surface area (Å²) >= 11 is 11.7. The fourth-order valence-corrected chi connectivity index (χ4v) is 2.47. The molecule has 1 heterocycles. The van der Waals surface area contributed by atoms with Gasteiger partial charge in [0.2, 0.25) is 5.88 Å². The monoisotopic (exact) mass is 376 g/mol. The van der Waals surface area contributed by atoms with Crippen LogP contribution in [0.15, 0.2) is 18.2 Å². The molecule has 0 saturated heterocycles. The van der Waals surface area contributed by atoms with Crippen molar-refractivity contribution in [2.24, 2.45) is 0 Å². The van der Waals surface area contributed by atoms with E-state index in [1.165, 1.54) is 18.2 Å². The third-order valence-electron chi connectivity index (χ3n) is 3.21. The molecule has 0 aliphatic rings. The summed E-state index contributed by atoms with van der Waals surface area (Å²) in [7, 11) is 0. The van der Waals surface area contributed by atoms with Crippen molar-refractivity contribution in [3.8, 4) is 17.1 Å². The van der Waals surface area contributed by atoms with Crippen LogP contribution in [-0.2, 0) is 0 Å². The van der Waals surface area contributed by atoms with Crippen LogP contribution in [0.2, 0.25) is 10.0 Å². The fraction of sp³-hybridized carbons (Fsp3) is 0.200. The summed E-state index contributed by atoms with van der Waals surface area (Å²) in [5.74, 6) is -1.41. The standard InChI is InChI=1S/C15H12Cl2F2N2O3/c1-2-8(18)11-7(16)4-3-6(13(11)19)10-5-9(20)12(17)14(21-10)24-15(22)23/h3-5,8H,2H2,1H3,(H2,20,21)(H,22,23). The minimum Gasteiger partial charge on any atom is -0.449 e. The van der Waals surface area contributed by atoms with Crippen LogP contribution in [0.25, 0.3) is 11.3 Å². The summed E-state index contributed by atoms with van der Waals surface area (Å²) < 4.78 is 33.1. The van der Waals surface area contributed by atoms with Gasteiger partial charge in [-0.05, 0) is 24.6 Å². The third kappa shape index (κ3) is 3.52. The van der Waals surface area contributed by atoms with Gasteiger partial charge in [0.15, 0.2) is 0 Å². The molecule has 9 heteroatoms. The van der Waals surface area contributed by atoms with Crippen LogP contribution in [0.1, 0.15) is 25.1 Å². The maximum absolute atomic E-state index is 14.7. The van der Waals surface area contributed by atoms with Gasteiger partial charge in [0.25, 0.3) is 0 Å². The quantitative estimate of drug-likeness (QED) is 0.711. The molecular weight excluding hydrogens is 365 g/mol. The van der Waals surface area contributed by atoms with Gasteiger partial charge in [-0.25, -0.2) is 18.6 Å². The number of nitrogens with zero attached hydrogens (tertiary/aromatic N) is 1. The van der Waals surface area contributed by atoms with E-state index < -0.39 is 24.0 Å². The fourth-order valence-electron chi connectivity index (χ4n) is 2.07. The Morgan fingerprint density at radius 3 is 2.71 bits per heavy atom. The Hall–Kier alpha value is -2.12. The number of hydrogen-bond donors (Lipinski definition) is 2. The van der Waals surface area contributed by atoms with Crippen molar-refractivity contribution < 1.29 is 23.4 Å². The molecule has 2 rings (SSSR count). The van der Waals surface area contributed by atoms with Crippen LogP contribution < -0.4 is 10.5 Å². The third-order valence-corrected chi connectivity index (χ3v) is 3.92. The molecule has 1 aromatic heterocycles. The molecule has 0 aliphatic carbocycles. The van der Waals surface area contributed by atoms with Gasteiger partial charge < -0.3 is 15.6 Å². The topological polar surface area (TPSA) is 85.4 Å². The van der Waals surface area contributed by atoms with Crippen molar-refractivity contribution in [3.05, 3.63) is 39.6 Å². The van der Waals surface area contributed by atoms with Crippen molar-refractivity contribution in [3.63, 3.8) is 0 Å². The van der Waals surface area contributed by atoms with E-state index >= 15 is 0 Å². The highest BCUT2D eigenvalue weighted by Crippen LogP contribution is 2.38. The molecule has 0 amide bonds. The summed E-state index contributed by atoms with van der Waals surface area (Å²) in [4.78, 5) is 14.5. The lowest BCUT2D eigenvalue weighted by atomic mass is 10.0. The van der Waals surface area contributed by atoms with Crippen LogP contribution in [0.4, 0.5) is 19.3 Å². The summed E-state index contributed by atoms with van der Waals surface area (Å²) in [6, 6.07) is 3.83. The molecule has 0 radical (unpaired) electrons. The van der Waals surface area contributed by atoms with Gasteiger partial charge in [-0.15, -0.1) is 0 Å². The maximum Gasteiger partial charge on any atom is 0.512 e. The van der Waals surface area contributed by atoms with Gasteiger partial charge >= 0.3 is 6.16 Å². The second-order valence-electron chi connectivity index (χ2n) is 4.78. The van der Waals surface area contributed by atoms with Gasteiger partial charge in [-0.2, -0.15) is 0 Å². The number of benzene rings is 1. The Kier molecular flexibility index (Phi) is 5.46. The number of nitrogen functional groups attached to an aromatic ring is 1. The van der Waals surface area contributed by atoms with E-state index in [0.29, 0.717) is 0 Å². The smallest absolute Gasteiger partial charge is 0.449 e. The van der Waals surface area contributed by atoms with Crippen LogP contribution in [-0.4, -0.2) is 16.2 Å². The van der Waals surface area contributed by atoms with Crippen LogP contribution >= 0.6 is 23.2 Å². The number of halogens is 4. The minimum atomic E-state index is -1.66. The summed E-state index contributed by atoms with van der Waals surface area (Å²) in [6.07, 6.45) is -3.23. The molecule has 0 fully saturated rings. The Bertz CT molecular complexity index is 803. The zero-order valence-corrected chi connectivity index (χ0v) is 13.8. The van der Waals surface area contributed by atoms with Crippen LogP contribution in [0.5, 0.6) is 5.88 Å². The van der Waals surface area contributed by atoms with Crippen molar-refractivity contribution in [2.45, 2.75) is 19.5 Å². The Labute approximate surface area is 146 Å². The van der Waals surface area contributed by atoms with E-state index in [-0.39, 0.29) is 39.0 Å². The van der Waals surface area contributed by atoms with Crippen LogP contribution in [0.3, 0.4) is 0 Å². The second-order valence-corrected chi connectivity index (χ2v) is 5.57. The van der Waals surface area contributed by atoms with E-state index in [4.69, 9.17) is 34.0 Å². The SMILES string of the molecule is CCC(F)c1c(Cl)ccc(-c2cc(N)c(Cl)c(OC(=O)O)n2)c1F. The lowest BCUT2D eigenvalue weighted by Gasteiger charge is -2.14. The van der Waals surface area contributed by atoms with Gasteiger partial charge in [0.1, 0.15) is 17.0 Å². The predicted octanol–water partition coefficient (Wildman–Crippen LogP) is 5.25. The summed E-state index contributed by atoms with van der Waals surface area (Å²) in [5, 5.41) is 8.39. The molecule has 128 valence electrons. The molecule has 1 atom stereocenters. The number of ether oxygens (including phenoxy) is 1. The number of aromatic nitrogens is 1. The van der Waals surface area contributed by atoms with E-state index in [2.05, 4.69) is 9.72 Å². The second kappa shape index (κ2) is 7.19. The van der Waals surface area contributed by atoms with Crippen molar-refractivity contribution in [1.29, 1.82) is 0 Å². The highest BCUT2D eigenvalue weighted by Gasteiger charge is 2.23. The molecule has 0 bridgehead atoms. The molecule has 0 spiro atoms. The molecule has 0 aliphatic heterocycles. The number of hydrogen-bond acceptors (Lipinski definition) is 4. The highest BCUT2D eigenvalue weighted by molar-refractivity contribution is 6.34. The number of carbonyl (C=O) groups is 1. The lowest BCUT2D eigenvalue weighted by molar-refractivity contribution is 0.142. The summed E-state index contributed by atoms with van der Waals surface area (Å²) in [5.41, 5.74) is 5.13. The summed E-state index contributed by atoms with van der Waals surface area (Å²) in [6.45, 7) is 1.55. The lowest BCUT2D eigenvalue weighted by Crippen LogP contribution is -2.07. The largest absolute Gasteiger partial charge is 0.512 e. The number of rotatable bonds is 4. The molecular formula is C15H12Cl2F2N2O3. The van der Waals surface area contributed by atoms with Crippen molar-refractivity contribution >= 4 is 35.0 Å². The van der Waals surface area contributed by atoms with Gasteiger partial charge in [0.05, 0.1) is 11.4 Å². The van der Waals surface area contributed by atoms with E-state index in [0.717, 1.165) is 0 Å². The first-order valence-electron chi connectivity index (χ1n) is 6.75. The number of pyridine rings is 1. The molecule has 3 N–H and O–H groups in total. The Morgan fingerprint density at radius 1 is 1.46 bits per heavy atom. The Balaban J connectivity index is 2.64. The molecule has 1 aromatic carbocycles. The number of carboxylic acid groups (broad SMARTS) is 1. The predicted molar refractivity (Wildman–Crippen MR) is 86.9 cm³/mol. The van der Waals surface area contributed by atoms with E-state index in [9.17, 15) is 13.6 Å².